The lowest BCUT2D eigenvalue weighted by Crippen LogP contribution is -2.47. The molecule has 1 amide bonds. The third-order valence-electron chi connectivity index (χ3n) is 4.64. The molecule has 1 aromatic carbocycles. The summed E-state index contributed by atoms with van der Waals surface area (Å²) in [5, 5.41) is 6.16. The van der Waals surface area contributed by atoms with E-state index in [1.807, 2.05) is 25.1 Å². The number of nitrogens with zero attached hydrogens (tertiary/aromatic N) is 2. The first-order valence-corrected chi connectivity index (χ1v) is 9.83. The maximum Gasteiger partial charge on any atom is 0.308 e. The Balaban J connectivity index is 0.00000392. The van der Waals surface area contributed by atoms with Crippen molar-refractivity contribution < 1.29 is 14.3 Å². The zero-order chi connectivity index (χ0) is 19.8. The highest BCUT2D eigenvalue weighted by atomic mass is 127. The standard InChI is InChI=1S/C19H27BrN4O3.HI/c1-13-12-15(20)4-5-16(13)23-17(25)6-9-22-19(21-2)24-10-7-14(8-11-24)18(26)27-3;/h4-5,12,14H,6-11H2,1-3H3,(H,21,22)(H,23,25);1H. The first kappa shape index (κ1) is 24.7. The number of benzene rings is 1. The molecule has 2 rings (SSSR count). The average molecular weight is 567 g/mol. The number of amides is 1. The average Bonchev–Trinajstić information content (AvgIpc) is 2.67. The Labute approximate surface area is 191 Å². The minimum atomic E-state index is -0.141. The van der Waals surface area contributed by atoms with Crippen molar-refractivity contribution in [3.8, 4) is 0 Å². The van der Waals surface area contributed by atoms with Crippen molar-refractivity contribution >= 4 is 63.4 Å². The van der Waals surface area contributed by atoms with Gasteiger partial charge >= 0.3 is 5.97 Å². The monoisotopic (exact) mass is 566 g/mol. The van der Waals surface area contributed by atoms with Crippen LogP contribution >= 0.6 is 39.9 Å². The lowest BCUT2D eigenvalue weighted by molar-refractivity contribution is -0.146. The largest absolute Gasteiger partial charge is 0.469 e. The van der Waals surface area contributed by atoms with E-state index in [1.165, 1.54) is 7.11 Å². The van der Waals surface area contributed by atoms with Gasteiger partial charge in [-0.3, -0.25) is 14.6 Å². The third kappa shape index (κ3) is 7.23. The van der Waals surface area contributed by atoms with E-state index in [-0.39, 0.29) is 41.8 Å². The number of rotatable bonds is 5. The van der Waals surface area contributed by atoms with E-state index >= 15 is 0 Å². The second-order valence-corrected chi connectivity index (χ2v) is 7.43. The number of carbonyl (C=O) groups is 2. The number of carbonyl (C=O) groups excluding carboxylic acids is 2. The van der Waals surface area contributed by atoms with Crippen LogP contribution in [0.5, 0.6) is 0 Å². The molecular weight excluding hydrogens is 539 g/mol. The van der Waals surface area contributed by atoms with Crippen molar-refractivity contribution in [2.75, 3.05) is 39.1 Å². The van der Waals surface area contributed by atoms with E-state index in [0.29, 0.717) is 13.0 Å². The molecule has 156 valence electrons. The normalized spacial score (nSPS) is 14.9. The molecule has 0 radical (unpaired) electrons. The minimum absolute atomic E-state index is 0. The molecule has 0 saturated carbocycles. The molecule has 28 heavy (non-hydrogen) atoms. The number of nitrogens with one attached hydrogen (secondary N) is 2. The molecule has 1 aromatic rings. The zero-order valence-electron chi connectivity index (χ0n) is 16.5. The van der Waals surface area contributed by atoms with Crippen molar-refractivity contribution in [2.45, 2.75) is 26.2 Å². The van der Waals surface area contributed by atoms with E-state index in [1.54, 1.807) is 7.05 Å². The first-order valence-electron chi connectivity index (χ1n) is 9.04. The number of methoxy groups -OCH3 is 1. The lowest BCUT2D eigenvalue weighted by atomic mass is 9.97. The second kappa shape index (κ2) is 12.3. The molecule has 0 atom stereocenters. The summed E-state index contributed by atoms with van der Waals surface area (Å²) < 4.78 is 5.80. The van der Waals surface area contributed by atoms with E-state index in [2.05, 4.69) is 36.5 Å². The van der Waals surface area contributed by atoms with Gasteiger partial charge in [-0.15, -0.1) is 24.0 Å². The Hall–Kier alpha value is -1.36. The van der Waals surface area contributed by atoms with Crippen molar-refractivity contribution in [1.82, 2.24) is 10.2 Å². The molecule has 1 fully saturated rings. The lowest BCUT2D eigenvalue weighted by Gasteiger charge is -2.33. The summed E-state index contributed by atoms with van der Waals surface area (Å²) in [6.07, 6.45) is 1.83. The number of halogens is 2. The summed E-state index contributed by atoms with van der Waals surface area (Å²) >= 11 is 3.42. The van der Waals surface area contributed by atoms with Crippen molar-refractivity contribution in [3.05, 3.63) is 28.2 Å². The molecule has 1 heterocycles. The van der Waals surface area contributed by atoms with E-state index < -0.39 is 0 Å². The van der Waals surface area contributed by atoms with Crippen LogP contribution in [0.15, 0.2) is 27.7 Å². The van der Waals surface area contributed by atoms with Crippen LogP contribution in [0.4, 0.5) is 5.69 Å². The SMILES string of the molecule is CN=C(NCCC(=O)Nc1ccc(Br)cc1C)N1CCC(C(=O)OC)CC1.I. The van der Waals surface area contributed by atoms with Gasteiger partial charge in [-0.25, -0.2) is 0 Å². The summed E-state index contributed by atoms with van der Waals surface area (Å²) in [5.41, 5.74) is 1.83. The first-order chi connectivity index (χ1) is 12.9. The van der Waals surface area contributed by atoms with Gasteiger partial charge in [0.1, 0.15) is 0 Å². The molecule has 1 saturated heterocycles. The highest BCUT2D eigenvalue weighted by Gasteiger charge is 2.26. The molecule has 1 aliphatic heterocycles. The Kier molecular flexibility index (Phi) is 10.8. The number of hydrogen-bond acceptors (Lipinski definition) is 4. The Morgan fingerprint density at radius 2 is 2.00 bits per heavy atom. The molecule has 2 N–H and O–H groups in total. The minimum Gasteiger partial charge on any atom is -0.469 e. The fourth-order valence-corrected chi connectivity index (χ4v) is 3.57. The predicted octanol–water partition coefficient (Wildman–Crippen LogP) is 3.16. The highest BCUT2D eigenvalue weighted by molar-refractivity contribution is 14.0. The number of ether oxygens (including phenoxy) is 1. The van der Waals surface area contributed by atoms with Crippen LogP contribution in [-0.2, 0) is 14.3 Å². The summed E-state index contributed by atoms with van der Waals surface area (Å²) in [6.45, 7) is 3.93. The van der Waals surface area contributed by atoms with Crippen molar-refractivity contribution in [1.29, 1.82) is 0 Å². The van der Waals surface area contributed by atoms with E-state index in [9.17, 15) is 9.59 Å². The quantitative estimate of drug-likeness (QED) is 0.248. The van der Waals surface area contributed by atoms with E-state index in [0.717, 1.165) is 47.6 Å². The van der Waals surface area contributed by atoms with Crippen LogP contribution in [0, 0.1) is 12.8 Å². The number of piperidine rings is 1. The molecular formula is C19H28BrIN4O3. The molecule has 0 unspecified atom stereocenters. The van der Waals surface area contributed by atoms with Gasteiger partial charge < -0.3 is 20.3 Å². The number of hydrogen-bond donors (Lipinski definition) is 2. The predicted molar refractivity (Wildman–Crippen MR) is 125 cm³/mol. The van der Waals surface area contributed by atoms with Crippen molar-refractivity contribution in [2.24, 2.45) is 10.9 Å². The highest BCUT2D eigenvalue weighted by Crippen LogP contribution is 2.20. The smallest absolute Gasteiger partial charge is 0.308 e. The van der Waals surface area contributed by atoms with Crippen LogP contribution in [0.1, 0.15) is 24.8 Å². The van der Waals surface area contributed by atoms with Crippen molar-refractivity contribution in [3.63, 3.8) is 0 Å². The summed E-state index contributed by atoms with van der Waals surface area (Å²) in [7, 11) is 3.15. The number of aliphatic imine (C=N–C) groups is 1. The van der Waals surface area contributed by atoms with Crippen LogP contribution in [0.25, 0.3) is 0 Å². The third-order valence-corrected chi connectivity index (χ3v) is 5.13. The molecule has 0 aliphatic carbocycles. The van der Waals surface area contributed by atoms with Gasteiger partial charge in [0.15, 0.2) is 5.96 Å². The van der Waals surface area contributed by atoms with Crippen LogP contribution in [0.3, 0.4) is 0 Å². The van der Waals surface area contributed by atoms with Gasteiger partial charge in [0.25, 0.3) is 0 Å². The fourth-order valence-electron chi connectivity index (χ4n) is 3.09. The van der Waals surface area contributed by atoms with Crippen LogP contribution < -0.4 is 10.6 Å². The molecule has 9 heteroatoms. The number of likely N-dealkylation sites (tertiary alicyclic amines) is 1. The topological polar surface area (TPSA) is 83.0 Å². The Bertz CT molecular complexity index is 706. The maximum absolute atomic E-state index is 12.2. The van der Waals surface area contributed by atoms with Gasteiger partial charge in [0.2, 0.25) is 5.91 Å². The van der Waals surface area contributed by atoms with Crippen LogP contribution in [-0.4, -0.2) is 56.5 Å². The molecule has 0 bridgehead atoms. The van der Waals surface area contributed by atoms with Gasteiger partial charge in [-0.05, 0) is 43.5 Å². The molecule has 0 aromatic heterocycles. The van der Waals surface area contributed by atoms with Gasteiger partial charge in [0.05, 0.1) is 13.0 Å². The number of esters is 1. The van der Waals surface area contributed by atoms with E-state index in [4.69, 9.17) is 4.74 Å². The second-order valence-electron chi connectivity index (χ2n) is 6.52. The Morgan fingerprint density at radius 1 is 1.32 bits per heavy atom. The fraction of sp³-hybridized carbons (Fsp3) is 0.526. The maximum atomic E-state index is 12.2. The van der Waals surface area contributed by atoms with Gasteiger partial charge in [-0.2, -0.15) is 0 Å². The zero-order valence-corrected chi connectivity index (χ0v) is 20.4. The summed E-state index contributed by atoms with van der Waals surface area (Å²) in [6, 6.07) is 5.75. The van der Waals surface area contributed by atoms with Gasteiger partial charge in [-0.1, -0.05) is 15.9 Å². The number of anilines is 1. The Morgan fingerprint density at radius 3 is 2.57 bits per heavy atom. The van der Waals surface area contributed by atoms with Crippen LogP contribution in [0.2, 0.25) is 0 Å². The molecule has 7 nitrogen and oxygen atoms in total. The van der Waals surface area contributed by atoms with Gasteiger partial charge in [0, 0.05) is 43.3 Å². The molecule has 1 aliphatic rings. The summed E-state index contributed by atoms with van der Waals surface area (Å²) in [4.78, 5) is 30.2. The molecule has 0 spiro atoms. The number of aryl methyl sites for hydroxylation is 1. The summed E-state index contributed by atoms with van der Waals surface area (Å²) in [5.74, 6) is 0.528. The number of guanidine groups is 1.